The first kappa shape index (κ1) is 20.1. The summed E-state index contributed by atoms with van der Waals surface area (Å²) in [5.74, 6) is -5.52. The highest BCUT2D eigenvalue weighted by atomic mass is 19.2. The highest BCUT2D eigenvalue weighted by molar-refractivity contribution is 6.04. The molecule has 1 saturated heterocycles. The summed E-state index contributed by atoms with van der Waals surface area (Å²) in [6.07, 6.45) is 0.814. The minimum absolute atomic E-state index is 0.0629. The van der Waals surface area contributed by atoms with Crippen molar-refractivity contribution in [2.45, 2.75) is 25.9 Å². The molecule has 4 nitrogen and oxygen atoms in total. The Labute approximate surface area is 159 Å². The Hall–Kier alpha value is -2.61. The van der Waals surface area contributed by atoms with Crippen LogP contribution in [0.4, 0.5) is 28.9 Å². The molecule has 8 heteroatoms. The van der Waals surface area contributed by atoms with Crippen molar-refractivity contribution >= 4 is 17.3 Å². The smallest absolute Gasteiger partial charge is 0.255 e. The van der Waals surface area contributed by atoms with Crippen molar-refractivity contribution in [3.63, 3.8) is 0 Å². The van der Waals surface area contributed by atoms with E-state index in [1.165, 1.54) is 12.1 Å². The minimum Gasteiger partial charge on any atom is -0.391 e. The van der Waals surface area contributed by atoms with Crippen molar-refractivity contribution < 1.29 is 27.5 Å². The van der Waals surface area contributed by atoms with E-state index in [1.54, 1.807) is 4.90 Å². The number of carbonyl (C=O) groups is 1. The van der Waals surface area contributed by atoms with Crippen LogP contribution in [-0.4, -0.2) is 30.2 Å². The van der Waals surface area contributed by atoms with E-state index < -0.39 is 35.3 Å². The van der Waals surface area contributed by atoms with Crippen LogP contribution in [0, 0.1) is 29.2 Å². The summed E-state index contributed by atoms with van der Waals surface area (Å²) in [7, 11) is 0. The van der Waals surface area contributed by atoms with Crippen LogP contribution in [0.2, 0.25) is 0 Å². The van der Waals surface area contributed by atoms with Gasteiger partial charge < -0.3 is 15.3 Å². The third-order valence-corrected chi connectivity index (χ3v) is 4.75. The van der Waals surface area contributed by atoms with E-state index in [0.717, 1.165) is 12.5 Å². The third-order valence-electron chi connectivity index (χ3n) is 4.75. The Bertz CT molecular complexity index is 855. The predicted molar refractivity (Wildman–Crippen MR) is 97.3 cm³/mol. The molecule has 1 aliphatic heterocycles. The Balaban J connectivity index is 1.85. The molecule has 1 heterocycles. The highest BCUT2D eigenvalue weighted by Gasteiger charge is 2.23. The number of anilines is 2. The fraction of sp³-hybridized carbons (Fsp3) is 0.350. The number of hydrogen-bond donors (Lipinski definition) is 2. The number of hydrogen-bond acceptors (Lipinski definition) is 3. The quantitative estimate of drug-likeness (QED) is 0.607. The van der Waals surface area contributed by atoms with E-state index in [-0.39, 0.29) is 29.4 Å². The lowest BCUT2D eigenvalue weighted by molar-refractivity contribution is 0.102. The van der Waals surface area contributed by atoms with Gasteiger partial charge in [0, 0.05) is 36.5 Å². The number of aliphatic hydroxyl groups excluding tert-OH is 1. The number of nitrogens with one attached hydrogen (secondary N) is 1. The third kappa shape index (κ3) is 4.44. The second-order valence-corrected chi connectivity index (χ2v) is 7.12. The highest BCUT2D eigenvalue weighted by Crippen LogP contribution is 2.27. The second-order valence-electron chi connectivity index (χ2n) is 7.12. The molecule has 1 aliphatic rings. The van der Waals surface area contributed by atoms with E-state index in [1.807, 2.05) is 6.92 Å². The number of aliphatic hydroxyl groups is 1. The Morgan fingerprint density at radius 1 is 1.04 bits per heavy atom. The molecule has 0 saturated carbocycles. The summed E-state index contributed by atoms with van der Waals surface area (Å²) in [5, 5.41) is 12.3. The SMILES string of the molecule is CC1CCC(O)CN(c2cc(C(=O)Nc3cc(F)c(F)c(F)c3)ccc2F)C1. The van der Waals surface area contributed by atoms with Crippen LogP contribution in [0.15, 0.2) is 30.3 Å². The number of β-amino-alcohol motifs (C(OH)–C–C–N with tert-alkyl or cyclic N) is 1. The van der Waals surface area contributed by atoms with E-state index in [4.69, 9.17) is 0 Å². The van der Waals surface area contributed by atoms with E-state index in [9.17, 15) is 27.5 Å². The van der Waals surface area contributed by atoms with Crippen LogP contribution in [-0.2, 0) is 0 Å². The topological polar surface area (TPSA) is 52.6 Å². The van der Waals surface area contributed by atoms with Crippen LogP contribution in [0.25, 0.3) is 0 Å². The van der Waals surface area contributed by atoms with E-state index in [0.29, 0.717) is 25.1 Å². The summed E-state index contributed by atoms with van der Waals surface area (Å²) in [6.45, 7) is 2.76. The van der Waals surface area contributed by atoms with Gasteiger partial charge in [-0.1, -0.05) is 6.92 Å². The molecule has 0 aromatic heterocycles. The molecule has 1 amide bonds. The molecule has 1 fully saturated rings. The van der Waals surface area contributed by atoms with Crippen molar-refractivity contribution in [1.29, 1.82) is 0 Å². The van der Waals surface area contributed by atoms with Crippen molar-refractivity contribution in [1.82, 2.24) is 0 Å². The van der Waals surface area contributed by atoms with E-state index in [2.05, 4.69) is 5.32 Å². The predicted octanol–water partition coefficient (Wildman–Crippen LogP) is 4.09. The van der Waals surface area contributed by atoms with Gasteiger partial charge in [-0.3, -0.25) is 4.79 Å². The lowest BCUT2D eigenvalue weighted by atomic mass is 10.1. The molecule has 150 valence electrons. The van der Waals surface area contributed by atoms with Crippen LogP contribution < -0.4 is 10.2 Å². The number of benzene rings is 2. The molecule has 28 heavy (non-hydrogen) atoms. The number of carbonyl (C=O) groups excluding carboxylic acids is 1. The van der Waals surface area contributed by atoms with Crippen molar-refractivity contribution in [2.75, 3.05) is 23.3 Å². The molecule has 3 rings (SSSR count). The Morgan fingerprint density at radius 2 is 1.71 bits per heavy atom. The van der Waals surface area contributed by atoms with Crippen LogP contribution in [0.3, 0.4) is 0 Å². The number of nitrogens with zero attached hydrogens (tertiary/aromatic N) is 1. The van der Waals surface area contributed by atoms with Gasteiger partial charge in [0.05, 0.1) is 11.8 Å². The monoisotopic (exact) mass is 396 g/mol. The maximum Gasteiger partial charge on any atom is 0.255 e. The molecule has 2 aromatic carbocycles. The molecular weight excluding hydrogens is 376 g/mol. The van der Waals surface area contributed by atoms with Gasteiger partial charge in [-0.05, 0) is 37.0 Å². The van der Waals surface area contributed by atoms with Crippen molar-refractivity contribution in [3.05, 3.63) is 59.2 Å². The molecule has 2 atom stereocenters. The van der Waals surface area contributed by atoms with Gasteiger partial charge in [-0.2, -0.15) is 0 Å². The Kier molecular flexibility index (Phi) is 5.88. The minimum atomic E-state index is -1.63. The van der Waals surface area contributed by atoms with Gasteiger partial charge >= 0.3 is 0 Å². The number of rotatable bonds is 3. The average molecular weight is 396 g/mol. The van der Waals surface area contributed by atoms with Gasteiger partial charge in [-0.15, -0.1) is 0 Å². The van der Waals surface area contributed by atoms with Gasteiger partial charge in [0.2, 0.25) is 0 Å². The maximum atomic E-state index is 14.4. The molecule has 0 aliphatic carbocycles. The summed E-state index contributed by atoms with van der Waals surface area (Å²) in [6, 6.07) is 5.01. The van der Waals surface area contributed by atoms with Crippen LogP contribution in [0.1, 0.15) is 30.1 Å². The molecule has 0 radical (unpaired) electrons. The van der Waals surface area contributed by atoms with Gasteiger partial charge in [0.15, 0.2) is 17.5 Å². The summed E-state index contributed by atoms with van der Waals surface area (Å²) in [5.41, 5.74) is -0.0315. The lowest BCUT2D eigenvalue weighted by Gasteiger charge is -2.27. The largest absolute Gasteiger partial charge is 0.391 e. The first-order valence-electron chi connectivity index (χ1n) is 8.93. The molecule has 0 spiro atoms. The summed E-state index contributed by atoms with van der Waals surface area (Å²) >= 11 is 0. The van der Waals surface area contributed by atoms with Crippen LogP contribution in [0.5, 0.6) is 0 Å². The maximum absolute atomic E-state index is 14.4. The average Bonchev–Trinajstić information content (AvgIpc) is 2.80. The molecular formula is C20H20F4N2O2. The fourth-order valence-electron chi connectivity index (χ4n) is 3.29. The van der Waals surface area contributed by atoms with Crippen LogP contribution >= 0.6 is 0 Å². The lowest BCUT2D eigenvalue weighted by Crippen LogP contribution is -2.33. The standard InChI is InChI=1S/C20H20F4N2O2/c1-11-2-4-14(27)10-26(9-11)18-6-12(3-5-15(18)21)20(28)25-13-7-16(22)19(24)17(23)8-13/h3,5-8,11,14,27H,2,4,9-10H2,1H3,(H,25,28). The molecule has 2 unspecified atom stereocenters. The zero-order chi connectivity index (χ0) is 20.4. The van der Waals surface area contributed by atoms with Gasteiger partial charge in [0.1, 0.15) is 5.82 Å². The number of amides is 1. The number of halogens is 4. The normalized spacial score (nSPS) is 20.0. The Morgan fingerprint density at radius 3 is 2.39 bits per heavy atom. The molecule has 0 bridgehead atoms. The fourth-order valence-corrected chi connectivity index (χ4v) is 3.29. The summed E-state index contributed by atoms with van der Waals surface area (Å²) in [4.78, 5) is 14.1. The molecule has 2 aromatic rings. The molecule has 2 N–H and O–H groups in total. The first-order chi connectivity index (χ1) is 13.2. The van der Waals surface area contributed by atoms with Gasteiger partial charge in [-0.25, -0.2) is 17.6 Å². The first-order valence-corrected chi connectivity index (χ1v) is 8.93. The van der Waals surface area contributed by atoms with Gasteiger partial charge in [0.25, 0.3) is 5.91 Å². The van der Waals surface area contributed by atoms with E-state index >= 15 is 0 Å². The zero-order valence-electron chi connectivity index (χ0n) is 15.2. The van der Waals surface area contributed by atoms with Crippen molar-refractivity contribution in [2.24, 2.45) is 5.92 Å². The zero-order valence-corrected chi connectivity index (χ0v) is 15.2. The van der Waals surface area contributed by atoms with Crippen molar-refractivity contribution in [3.8, 4) is 0 Å². The second kappa shape index (κ2) is 8.18. The summed E-state index contributed by atoms with van der Waals surface area (Å²) < 4.78 is 54.1.